The molecule has 20 heavy (non-hydrogen) atoms. The van der Waals surface area contributed by atoms with E-state index in [-0.39, 0.29) is 0 Å². The van der Waals surface area contributed by atoms with Crippen LogP contribution in [-0.4, -0.2) is 24.9 Å². The van der Waals surface area contributed by atoms with Crippen molar-refractivity contribution in [3.8, 4) is 23.7 Å². The minimum atomic E-state index is -0.636. The number of aliphatic hydroxyl groups excluding tert-OH is 1. The van der Waals surface area contributed by atoms with E-state index in [1.165, 1.54) is 32.1 Å². The summed E-state index contributed by atoms with van der Waals surface area (Å²) in [7, 11) is 1.61. The van der Waals surface area contributed by atoms with Crippen LogP contribution in [0.15, 0.2) is 12.2 Å². The molecule has 2 heteroatoms. The number of ether oxygens (including phenoxy) is 1. The van der Waals surface area contributed by atoms with Gasteiger partial charge in [-0.05, 0) is 24.7 Å². The summed E-state index contributed by atoms with van der Waals surface area (Å²) in [4.78, 5) is 0. The first kappa shape index (κ1) is 18.8. The van der Waals surface area contributed by atoms with Crippen LogP contribution in [-0.2, 0) is 4.74 Å². The zero-order valence-corrected chi connectivity index (χ0v) is 13.0. The Hall–Kier alpha value is -1.22. The van der Waals surface area contributed by atoms with Gasteiger partial charge in [0.1, 0.15) is 6.10 Å². The van der Waals surface area contributed by atoms with Crippen LogP contribution < -0.4 is 0 Å². The van der Waals surface area contributed by atoms with Gasteiger partial charge in [0.05, 0.1) is 0 Å². The van der Waals surface area contributed by atoms with E-state index in [1.54, 1.807) is 7.11 Å². The molecule has 0 amide bonds. The Kier molecular flexibility index (Phi) is 14.9. The zero-order chi connectivity index (χ0) is 14.9. The third-order valence-electron chi connectivity index (χ3n) is 2.85. The van der Waals surface area contributed by atoms with Crippen molar-refractivity contribution < 1.29 is 9.84 Å². The summed E-state index contributed by atoms with van der Waals surface area (Å²) in [5.74, 6) is 11.0. The lowest BCUT2D eigenvalue weighted by molar-refractivity contribution is 0.140. The van der Waals surface area contributed by atoms with Crippen molar-refractivity contribution in [2.75, 3.05) is 13.7 Å². The lowest BCUT2D eigenvalue weighted by Gasteiger charge is -1.99. The minimum absolute atomic E-state index is 0.518. The highest BCUT2D eigenvalue weighted by Crippen LogP contribution is 2.05. The molecule has 0 saturated heterocycles. The molecule has 2 nitrogen and oxygen atoms in total. The Balaban J connectivity index is 3.55. The second-order valence-corrected chi connectivity index (χ2v) is 4.75. The predicted molar refractivity (Wildman–Crippen MR) is 85.2 cm³/mol. The van der Waals surface area contributed by atoms with Crippen molar-refractivity contribution in [2.24, 2.45) is 0 Å². The molecule has 0 bridgehead atoms. The maximum absolute atomic E-state index is 9.41. The fraction of sp³-hybridized carbons (Fsp3) is 0.667. The Morgan fingerprint density at radius 3 is 2.65 bits per heavy atom. The first-order chi connectivity index (χ1) is 9.81. The predicted octanol–water partition coefficient (Wildman–Crippen LogP) is 3.70. The summed E-state index contributed by atoms with van der Waals surface area (Å²) in [6.45, 7) is 2.75. The van der Waals surface area contributed by atoms with E-state index in [2.05, 4.69) is 42.8 Å². The SMILES string of the molecule is CCCCCCC/C=C\CC#CC#CC(O)CCOC. The number of aliphatic hydroxyl groups is 1. The average Bonchev–Trinajstić information content (AvgIpc) is 2.46. The van der Waals surface area contributed by atoms with E-state index in [0.29, 0.717) is 13.0 Å². The molecule has 0 heterocycles. The Labute approximate surface area is 124 Å². The molecule has 0 aliphatic carbocycles. The molecular weight excluding hydrogens is 248 g/mol. The summed E-state index contributed by atoms with van der Waals surface area (Å²) in [6, 6.07) is 0. The molecule has 0 spiro atoms. The highest BCUT2D eigenvalue weighted by Gasteiger charge is 1.95. The molecule has 1 atom stereocenters. The van der Waals surface area contributed by atoms with Crippen LogP contribution in [0.1, 0.15) is 58.3 Å². The van der Waals surface area contributed by atoms with Gasteiger partial charge < -0.3 is 9.84 Å². The second-order valence-electron chi connectivity index (χ2n) is 4.75. The summed E-state index contributed by atoms with van der Waals surface area (Å²) >= 11 is 0. The van der Waals surface area contributed by atoms with E-state index >= 15 is 0 Å². The summed E-state index contributed by atoms with van der Waals surface area (Å²) < 4.78 is 4.85. The molecule has 0 aromatic rings. The van der Waals surface area contributed by atoms with Gasteiger partial charge in [0, 0.05) is 26.6 Å². The molecule has 0 aromatic heterocycles. The quantitative estimate of drug-likeness (QED) is 0.374. The number of hydrogen-bond acceptors (Lipinski definition) is 2. The molecule has 112 valence electrons. The van der Waals surface area contributed by atoms with Gasteiger partial charge in [-0.25, -0.2) is 0 Å². The largest absolute Gasteiger partial charge is 0.385 e. The zero-order valence-electron chi connectivity index (χ0n) is 13.0. The van der Waals surface area contributed by atoms with Crippen LogP contribution in [0.2, 0.25) is 0 Å². The molecular formula is C18H28O2. The second kappa shape index (κ2) is 15.8. The monoisotopic (exact) mass is 276 g/mol. The van der Waals surface area contributed by atoms with E-state index in [0.717, 1.165) is 12.8 Å². The third kappa shape index (κ3) is 14.8. The number of allylic oxidation sites excluding steroid dienone is 2. The summed E-state index contributed by atoms with van der Waals surface area (Å²) in [5.41, 5.74) is 0. The molecule has 0 aromatic carbocycles. The molecule has 0 fully saturated rings. The smallest absolute Gasteiger partial charge is 0.117 e. The van der Waals surface area contributed by atoms with Crippen molar-refractivity contribution in [2.45, 2.75) is 64.4 Å². The lowest BCUT2D eigenvalue weighted by Crippen LogP contribution is -2.06. The average molecular weight is 276 g/mol. The van der Waals surface area contributed by atoms with E-state index < -0.39 is 6.10 Å². The molecule has 1 unspecified atom stereocenters. The first-order valence-corrected chi connectivity index (χ1v) is 7.61. The highest BCUT2D eigenvalue weighted by molar-refractivity contribution is 5.27. The van der Waals surface area contributed by atoms with Crippen LogP contribution in [0.4, 0.5) is 0 Å². The van der Waals surface area contributed by atoms with Gasteiger partial charge in [-0.2, -0.15) is 0 Å². The van der Waals surface area contributed by atoms with E-state index in [4.69, 9.17) is 4.74 Å². The van der Waals surface area contributed by atoms with E-state index in [1.807, 2.05) is 0 Å². The van der Waals surface area contributed by atoms with Crippen LogP contribution in [0.25, 0.3) is 0 Å². The van der Waals surface area contributed by atoms with Gasteiger partial charge in [-0.1, -0.05) is 56.6 Å². The van der Waals surface area contributed by atoms with Crippen molar-refractivity contribution in [1.29, 1.82) is 0 Å². The van der Waals surface area contributed by atoms with Crippen LogP contribution >= 0.6 is 0 Å². The Bertz CT molecular complexity index is 349. The van der Waals surface area contributed by atoms with Crippen LogP contribution in [0, 0.1) is 23.7 Å². The number of unbranched alkanes of at least 4 members (excludes halogenated alkanes) is 5. The topological polar surface area (TPSA) is 29.5 Å². The van der Waals surface area contributed by atoms with Gasteiger partial charge >= 0.3 is 0 Å². The molecule has 0 aliphatic heterocycles. The standard InChI is InChI=1S/C18H28O2/c1-3-4-5-6-7-8-9-10-11-12-13-14-15-18(19)16-17-20-2/h9-10,18-19H,3-8,11,16-17H2,1-2H3/b10-9-. The molecule has 0 aliphatic rings. The summed E-state index contributed by atoms with van der Waals surface area (Å²) in [5, 5.41) is 9.41. The summed E-state index contributed by atoms with van der Waals surface area (Å²) in [6.07, 6.45) is 12.7. The van der Waals surface area contributed by atoms with Crippen molar-refractivity contribution >= 4 is 0 Å². The van der Waals surface area contributed by atoms with Gasteiger partial charge in [-0.15, -0.1) is 0 Å². The third-order valence-corrected chi connectivity index (χ3v) is 2.85. The molecule has 1 N–H and O–H groups in total. The van der Waals surface area contributed by atoms with Crippen LogP contribution in [0.3, 0.4) is 0 Å². The first-order valence-electron chi connectivity index (χ1n) is 7.61. The fourth-order valence-electron chi connectivity index (χ4n) is 1.64. The highest BCUT2D eigenvalue weighted by atomic mass is 16.5. The van der Waals surface area contributed by atoms with Gasteiger partial charge in [0.15, 0.2) is 0 Å². The van der Waals surface area contributed by atoms with Crippen molar-refractivity contribution in [3.05, 3.63) is 12.2 Å². The minimum Gasteiger partial charge on any atom is -0.385 e. The Morgan fingerprint density at radius 2 is 1.90 bits per heavy atom. The normalized spacial score (nSPS) is 11.6. The fourth-order valence-corrected chi connectivity index (χ4v) is 1.64. The van der Waals surface area contributed by atoms with Gasteiger partial charge in [0.25, 0.3) is 0 Å². The van der Waals surface area contributed by atoms with Crippen molar-refractivity contribution in [1.82, 2.24) is 0 Å². The number of hydrogen-bond donors (Lipinski definition) is 1. The van der Waals surface area contributed by atoms with Gasteiger partial charge in [0.2, 0.25) is 0 Å². The molecule has 0 saturated carbocycles. The van der Waals surface area contributed by atoms with Crippen LogP contribution in [0.5, 0.6) is 0 Å². The lowest BCUT2D eigenvalue weighted by atomic mass is 10.1. The molecule has 0 radical (unpaired) electrons. The maximum atomic E-state index is 9.41. The van der Waals surface area contributed by atoms with Gasteiger partial charge in [-0.3, -0.25) is 0 Å². The number of rotatable bonds is 10. The van der Waals surface area contributed by atoms with Crippen molar-refractivity contribution in [3.63, 3.8) is 0 Å². The number of methoxy groups -OCH3 is 1. The Morgan fingerprint density at radius 1 is 1.10 bits per heavy atom. The molecule has 0 rings (SSSR count). The van der Waals surface area contributed by atoms with E-state index in [9.17, 15) is 5.11 Å². The maximum Gasteiger partial charge on any atom is 0.117 e.